The van der Waals surface area contributed by atoms with Gasteiger partial charge in [-0.05, 0) is 86.6 Å². The van der Waals surface area contributed by atoms with Crippen LogP contribution in [0, 0.1) is 13.8 Å². The Balaban J connectivity index is 1.26. The van der Waals surface area contributed by atoms with Gasteiger partial charge in [0.05, 0.1) is 0 Å². The van der Waals surface area contributed by atoms with Crippen LogP contribution in [-0.4, -0.2) is 11.8 Å². The molecule has 0 atom stereocenters. The summed E-state index contributed by atoms with van der Waals surface area (Å²) >= 11 is 2.85. The first kappa shape index (κ1) is 27.6. The molecule has 2 heterocycles. The van der Waals surface area contributed by atoms with Crippen LogP contribution < -0.4 is 21.5 Å². The van der Waals surface area contributed by atoms with E-state index in [1.807, 2.05) is 50.2 Å². The maximum Gasteiger partial charge on any atom is 0.255 e. The van der Waals surface area contributed by atoms with Crippen LogP contribution in [0.5, 0.6) is 0 Å². The second-order valence-corrected chi connectivity index (χ2v) is 12.9. The highest BCUT2D eigenvalue weighted by Crippen LogP contribution is 2.33. The fourth-order valence-electron chi connectivity index (χ4n) is 5.18. The van der Waals surface area contributed by atoms with E-state index < -0.39 is 0 Å². The smallest absolute Gasteiger partial charge is 0.255 e. The third-order valence-electron chi connectivity index (χ3n) is 7.60. The molecule has 2 aromatic heterocycles. The molecule has 0 bridgehead atoms. The molecule has 7 rings (SSSR count). The largest absolute Gasteiger partial charge is 0.322 e. The van der Waals surface area contributed by atoms with E-state index in [2.05, 4.69) is 10.6 Å². The molecule has 5 aromatic carbocycles. The van der Waals surface area contributed by atoms with Gasteiger partial charge < -0.3 is 10.6 Å². The van der Waals surface area contributed by atoms with Crippen molar-refractivity contribution in [2.45, 2.75) is 13.8 Å². The molecule has 44 heavy (non-hydrogen) atoms. The summed E-state index contributed by atoms with van der Waals surface area (Å²) in [5.74, 6) is -0.497. The summed E-state index contributed by atoms with van der Waals surface area (Å²) in [4.78, 5) is 52.9. The number of benzene rings is 5. The number of carbonyl (C=O) groups is 2. The Kier molecular flexibility index (Phi) is 6.80. The quantitative estimate of drug-likeness (QED) is 0.196. The molecule has 2 amide bonds. The lowest BCUT2D eigenvalue weighted by Crippen LogP contribution is -2.12. The fourth-order valence-corrected chi connectivity index (χ4v) is 7.32. The summed E-state index contributed by atoms with van der Waals surface area (Å²) in [5.41, 5.74) is 3.96. The zero-order valence-corrected chi connectivity index (χ0v) is 25.3. The molecule has 0 fully saturated rings. The fraction of sp³-hybridized carbons (Fsp3) is 0.0556. The van der Waals surface area contributed by atoms with E-state index in [4.69, 9.17) is 0 Å². The van der Waals surface area contributed by atoms with E-state index in [1.54, 1.807) is 60.7 Å². The van der Waals surface area contributed by atoms with E-state index in [9.17, 15) is 19.2 Å². The van der Waals surface area contributed by atoms with Gasteiger partial charge in [0.1, 0.15) is 0 Å². The number of hydrogen-bond acceptors (Lipinski definition) is 6. The van der Waals surface area contributed by atoms with Crippen molar-refractivity contribution in [1.29, 1.82) is 0 Å². The van der Waals surface area contributed by atoms with Gasteiger partial charge in [0.2, 0.25) is 0 Å². The van der Waals surface area contributed by atoms with Gasteiger partial charge in [-0.25, -0.2) is 0 Å². The summed E-state index contributed by atoms with van der Waals surface area (Å²) < 4.78 is 2.93. The summed E-state index contributed by atoms with van der Waals surface area (Å²) in [6, 6.07) is 28.8. The number of carbonyl (C=O) groups excluding carboxylic acids is 2. The molecule has 6 nitrogen and oxygen atoms in total. The van der Waals surface area contributed by atoms with Gasteiger partial charge in [-0.15, -0.1) is 22.7 Å². The number of hydrogen-bond donors (Lipinski definition) is 2. The van der Waals surface area contributed by atoms with Gasteiger partial charge >= 0.3 is 0 Å². The average molecular weight is 613 g/mol. The molecule has 0 aliphatic heterocycles. The second-order valence-electron chi connectivity index (χ2n) is 10.8. The van der Waals surface area contributed by atoms with Crippen molar-refractivity contribution in [3.05, 3.63) is 140 Å². The van der Waals surface area contributed by atoms with Gasteiger partial charge in [-0.2, -0.15) is 0 Å². The predicted molar refractivity (Wildman–Crippen MR) is 183 cm³/mol. The average Bonchev–Trinajstić information content (AvgIpc) is 3.02. The van der Waals surface area contributed by atoms with Crippen LogP contribution in [0.4, 0.5) is 11.4 Å². The molecule has 0 aliphatic carbocycles. The van der Waals surface area contributed by atoms with E-state index in [0.29, 0.717) is 53.4 Å². The van der Waals surface area contributed by atoms with E-state index in [0.717, 1.165) is 20.5 Å². The van der Waals surface area contributed by atoms with Crippen molar-refractivity contribution >= 4 is 86.2 Å². The van der Waals surface area contributed by atoms with Crippen molar-refractivity contribution in [2.24, 2.45) is 0 Å². The first-order valence-corrected chi connectivity index (χ1v) is 15.5. The standard InChI is InChI=1S/C36H24N2O4S2/c1-19-3-7-21(8-4-19)35(41)37-23-11-13-29-25(15-23)33(39)27-17-32-28(18-31(27)43-29)34(40)26-16-24(12-14-30(26)44-32)38-36(42)22-9-5-20(2)6-10-22/h3-18H,1-2H3,(H,37,41)(H,38,42). The molecule has 0 aliphatic rings. The number of aryl methyl sites for hydroxylation is 2. The Morgan fingerprint density at radius 3 is 1.23 bits per heavy atom. The maximum atomic E-state index is 13.7. The third-order valence-corrected chi connectivity index (χ3v) is 9.87. The Morgan fingerprint density at radius 2 is 0.841 bits per heavy atom. The maximum absolute atomic E-state index is 13.7. The highest BCUT2D eigenvalue weighted by Gasteiger charge is 2.14. The normalized spacial score (nSPS) is 11.3. The lowest BCUT2D eigenvalue weighted by molar-refractivity contribution is 0.101. The van der Waals surface area contributed by atoms with Crippen LogP contribution >= 0.6 is 22.7 Å². The topological polar surface area (TPSA) is 92.3 Å². The van der Waals surface area contributed by atoms with Crippen LogP contribution in [-0.2, 0) is 0 Å². The second kappa shape index (κ2) is 10.8. The van der Waals surface area contributed by atoms with Crippen molar-refractivity contribution in [1.82, 2.24) is 0 Å². The minimum atomic E-state index is -0.248. The first-order valence-electron chi connectivity index (χ1n) is 13.9. The molecular formula is C36H24N2O4S2. The number of rotatable bonds is 4. The Bertz CT molecular complexity index is 2250. The van der Waals surface area contributed by atoms with E-state index >= 15 is 0 Å². The Hall–Kier alpha value is -5.18. The molecule has 0 saturated carbocycles. The van der Waals surface area contributed by atoms with Crippen LogP contribution in [0.2, 0.25) is 0 Å². The monoisotopic (exact) mass is 612 g/mol. The summed E-state index contributed by atoms with van der Waals surface area (Å²) in [5, 5.41) is 7.84. The van der Waals surface area contributed by atoms with E-state index in [-0.39, 0.29) is 22.7 Å². The lowest BCUT2D eigenvalue weighted by atomic mass is 10.1. The van der Waals surface area contributed by atoms with Gasteiger partial charge in [-0.1, -0.05) is 35.4 Å². The Morgan fingerprint density at radius 1 is 0.477 bits per heavy atom. The number of fused-ring (bicyclic) bond motifs is 4. The molecular weight excluding hydrogens is 589 g/mol. The zero-order chi connectivity index (χ0) is 30.5. The Labute approximate surface area is 259 Å². The molecule has 0 spiro atoms. The van der Waals surface area contributed by atoms with Crippen LogP contribution in [0.1, 0.15) is 31.8 Å². The zero-order valence-electron chi connectivity index (χ0n) is 23.7. The number of anilines is 2. The van der Waals surface area contributed by atoms with Crippen molar-refractivity contribution < 1.29 is 9.59 Å². The van der Waals surface area contributed by atoms with E-state index in [1.165, 1.54) is 22.7 Å². The van der Waals surface area contributed by atoms with Gasteiger partial charge in [0, 0.05) is 62.8 Å². The molecule has 7 aromatic rings. The molecule has 0 radical (unpaired) electrons. The highest BCUT2D eigenvalue weighted by atomic mass is 32.1. The minimum Gasteiger partial charge on any atom is -0.322 e. The van der Waals surface area contributed by atoms with Gasteiger partial charge in [0.25, 0.3) is 11.8 Å². The molecule has 214 valence electrons. The van der Waals surface area contributed by atoms with Crippen LogP contribution in [0.3, 0.4) is 0 Å². The van der Waals surface area contributed by atoms with Crippen molar-refractivity contribution in [3.63, 3.8) is 0 Å². The first-order chi connectivity index (χ1) is 21.2. The number of amides is 2. The summed E-state index contributed by atoms with van der Waals surface area (Å²) in [7, 11) is 0. The van der Waals surface area contributed by atoms with Gasteiger partial charge in [-0.3, -0.25) is 19.2 Å². The number of nitrogens with one attached hydrogen (secondary N) is 2. The molecule has 2 N–H and O–H groups in total. The van der Waals surface area contributed by atoms with Crippen LogP contribution in [0.15, 0.2) is 107 Å². The van der Waals surface area contributed by atoms with Gasteiger partial charge in [0.15, 0.2) is 10.9 Å². The third kappa shape index (κ3) is 5.04. The predicted octanol–water partition coefficient (Wildman–Crippen LogP) is 8.26. The SMILES string of the molecule is Cc1ccc(C(=O)Nc2ccc3sc4cc5c(=O)c6cc(NC(=O)c7ccc(C)cc7)ccc6sc5cc4c(=O)c3c2)cc1. The van der Waals surface area contributed by atoms with Crippen LogP contribution in [0.25, 0.3) is 40.3 Å². The lowest BCUT2D eigenvalue weighted by Gasteiger charge is -2.09. The highest BCUT2D eigenvalue weighted by molar-refractivity contribution is 7.26. The minimum absolute atomic E-state index is 0.156. The van der Waals surface area contributed by atoms with Crippen molar-refractivity contribution in [3.8, 4) is 0 Å². The molecule has 0 saturated heterocycles. The molecule has 8 heteroatoms. The molecule has 0 unspecified atom stereocenters. The van der Waals surface area contributed by atoms with Crippen molar-refractivity contribution in [2.75, 3.05) is 10.6 Å². The summed E-state index contributed by atoms with van der Waals surface area (Å²) in [6.07, 6.45) is 0. The summed E-state index contributed by atoms with van der Waals surface area (Å²) in [6.45, 7) is 3.92.